The van der Waals surface area contributed by atoms with Gasteiger partial charge in [0.05, 0.1) is 12.5 Å². The van der Waals surface area contributed by atoms with Gasteiger partial charge in [0.25, 0.3) is 5.91 Å². The Morgan fingerprint density at radius 3 is 3.00 bits per heavy atom. The van der Waals surface area contributed by atoms with Crippen molar-refractivity contribution in [3.8, 4) is 0 Å². The standard InChI is InChI=1S/C18H26N2O4/c1-10-4-3-5-18(2)7-15-11(6-13(10)18)12(17(22)24-15)8-19-14-9-23-20-16(14)21/h11-15,19H,1,3-9H2,2H3,(H,20,21). The van der Waals surface area contributed by atoms with Gasteiger partial charge < -0.3 is 10.1 Å². The average Bonchev–Trinajstić information content (AvgIpc) is 3.05. The van der Waals surface area contributed by atoms with Crippen LogP contribution < -0.4 is 10.8 Å². The topological polar surface area (TPSA) is 76.7 Å². The molecule has 4 fully saturated rings. The molecule has 0 spiro atoms. The van der Waals surface area contributed by atoms with E-state index in [-0.39, 0.29) is 41.3 Å². The predicted molar refractivity (Wildman–Crippen MR) is 86.6 cm³/mol. The maximum absolute atomic E-state index is 12.4. The van der Waals surface area contributed by atoms with Gasteiger partial charge in [-0.25, -0.2) is 5.48 Å². The van der Waals surface area contributed by atoms with Crippen molar-refractivity contribution in [2.75, 3.05) is 13.2 Å². The fourth-order valence-electron chi connectivity index (χ4n) is 5.25. The lowest BCUT2D eigenvalue weighted by atomic mass is 9.55. The summed E-state index contributed by atoms with van der Waals surface area (Å²) in [5.74, 6) is 0.244. The fraction of sp³-hybridized carbons (Fsp3) is 0.778. The van der Waals surface area contributed by atoms with E-state index in [1.807, 2.05) is 0 Å². The monoisotopic (exact) mass is 334 g/mol. The number of rotatable bonds is 3. The SMILES string of the molecule is C=C1CCCC2(C)CC3OC(=O)C(CNC4CONC4=O)C3CC12. The molecule has 4 rings (SSSR count). The Morgan fingerprint density at radius 2 is 2.25 bits per heavy atom. The lowest BCUT2D eigenvalue weighted by molar-refractivity contribution is -0.146. The van der Waals surface area contributed by atoms with Crippen LogP contribution in [0.4, 0.5) is 0 Å². The van der Waals surface area contributed by atoms with Crippen molar-refractivity contribution in [3.63, 3.8) is 0 Å². The largest absolute Gasteiger partial charge is 0.462 e. The van der Waals surface area contributed by atoms with Crippen molar-refractivity contribution >= 4 is 11.9 Å². The first-order chi connectivity index (χ1) is 11.5. The number of fused-ring (bicyclic) bond motifs is 2. The first-order valence-electron chi connectivity index (χ1n) is 9.01. The summed E-state index contributed by atoms with van der Waals surface area (Å²) >= 11 is 0. The molecular weight excluding hydrogens is 308 g/mol. The molecule has 0 radical (unpaired) electrons. The van der Waals surface area contributed by atoms with Gasteiger partial charge in [-0.1, -0.05) is 19.1 Å². The van der Waals surface area contributed by atoms with Gasteiger partial charge in [-0.05, 0) is 43.4 Å². The highest BCUT2D eigenvalue weighted by molar-refractivity contribution is 5.82. The van der Waals surface area contributed by atoms with Crippen LogP contribution in [0.2, 0.25) is 0 Å². The highest BCUT2D eigenvalue weighted by atomic mass is 16.7. The first-order valence-corrected chi connectivity index (χ1v) is 9.01. The fourth-order valence-corrected chi connectivity index (χ4v) is 5.25. The Kier molecular flexibility index (Phi) is 3.92. The van der Waals surface area contributed by atoms with Gasteiger partial charge in [-0.3, -0.25) is 14.4 Å². The Balaban J connectivity index is 1.46. The number of hydrogen-bond donors (Lipinski definition) is 2. The van der Waals surface area contributed by atoms with Gasteiger partial charge in [-0.15, -0.1) is 0 Å². The van der Waals surface area contributed by atoms with E-state index in [1.54, 1.807) is 0 Å². The van der Waals surface area contributed by atoms with E-state index in [2.05, 4.69) is 24.3 Å². The maximum atomic E-state index is 12.4. The molecule has 6 nitrogen and oxygen atoms in total. The van der Waals surface area contributed by atoms with E-state index in [0.717, 1.165) is 19.3 Å². The number of esters is 1. The summed E-state index contributed by atoms with van der Waals surface area (Å²) in [6, 6.07) is -0.379. The molecule has 132 valence electrons. The van der Waals surface area contributed by atoms with Crippen molar-refractivity contribution in [1.29, 1.82) is 0 Å². The van der Waals surface area contributed by atoms with Gasteiger partial charge in [-0.2, -0.15) is 0 Å². The van der Waals surface area contributed by atoms with Gasteiger partial charge >= 0.3 is 5.97 Å². The molecule has 6 heteroatoms. The summed E-state index contributed by atoms with van der Waals surface area (Å²) in [5.41, 5.74) is 3.90. The van der Waals surface area contributed by atoms with E-state index in [9.17, 15) is 9.59 Å². The molecule has 2 saturated carbocycles. The minimum Gasteiger partial charge on any atom is -0.462 e. The lowest BCUT2D eigenvalue weighted by Gasteiger charge is -2.50. The normalized spacial score (nSPS) is 44.7. The van der Waals surface area contributed by atoms with E-state index in [1.165, 1.54) is 18.4 Å². The second-order valence-corrected chi connectivity index (χ2v) is 8.14. The van der Waals surface area contributed by atoms with Gasteiger partial charge in [0.2, 0.25) is 0 Å². The molecule has 6 atom stereocenters. The number of hydroxylamine groups is 1. The lowest BCUT2D eigenvalue weighted by Crippen LogP contribution is -2.47. The number of allylic oxidation sites excluding steroid dienone is 1. The number of nitrogens with one attached hydrogen (secondary N) is 2. The van der Waals surface area contributed by atoms with E-state index < -0.39 is 0 Å². The van der Waals surface area contributed by atoms with Crippen molar-refractivity contribution in [1.82, 2.24) is 10.8 Å². The molecule has 1 amide bonds. The molecule has 24 heavy (non-hydrogen) atoms. The number of hydrogen-bond acceptors (Lipinski definition) is 5. The quantitative estimate of drug-likeness (QED) is 0.601. The number of carbonyl (C=O) groups is 2. The molecule has 0 aromatic heterocycles. The maximum Gasteiger partial charge on any atom is 0.310 e. The molecule has 6 unspecified atom stereocenters. The third-order valence-electron chi connectivity index (χ3n) is 6.64. The van der Waals surface area contributed by atoms with E-state index in [4.69, 9.17) is 9.57 Å². The van der Waals surface area contributed by atoms with Gasteiger partial charge in [0, 0.05) is 12.5 Å². The van der Waals surface area contributed by atoms with Crippen LogP contribution in [0.1, 0.15) is 39.0 Å². The summed E-state index contributed by atoms with van der Waals surface area (Å²) in [4.78, 5) is 28.9. The summed E-state index contributed by atoms with van der Waals surface area (Å²) in [6.07, 6.45) is 5.43. The molecule has 2 N–H and O–H groups in total. The molecular formula is C18H26N2O4. The third-order valence-corrected chi connectivity index (χ3v) is 6.64. The second kappa shape index (κ2) is 5.85. The molecule has 0 aromatic carbocycles. The van der Waals surface area contributed by atoms with Crippen LogP contribution in [0.25, 0.3) is 0 Å². The second-order valence-electron chi connectivity index (χ2n) is 8.14. The smallest absolute Gasteiger partial charge is 0.310 e. The van der Waals surface area contributed by atoms with Crippen LogP contribution in [0.15, 0.2) is 12.2 Å². The molecule has 2 heterocycles. The van der Waals surface area contributed by atoms with Crippen LogP contribution in [-0.2, 0) is 19.2 Å². The van der Waals surface area contributed by atoms with Gasteiger partial charge in [0.15, 0.2) is 0 Å². The molecule has 2 saturated heterocycles. The van der Waals surface area contributed by atoms with E-state index >= 15 is 0 Å². The van der Waals surface area contributed by atoms with Crippen LogP contribution in [-0.4, -0.2) is 37.2 Å². The predicted octanol–water partition coefficient (Wildman–Crippen LogP) is 1.32. The van der Waals surface area contributed by atoms with Crippen molar-refractivity contribution < 1.29 is 19.2 Å². The van der Waals surface area contributed by atoms with Crippen molar-refractivity contribution in [2.24, 2.45) is 23.2 Å². The zero-order valence-corrected chi connectivity index (χ0v) is 14.2. The average molecular weight is 334 g/mol. The number of amides is 1. The molecule has 4 aliphatic rings. The first kappa shape index (κ1) is 16.1. The van der Waals surface area contributed by atoms with Crippen molar-refractivity contribution in [2.45, 2.75) is 51.2 Å². The van der Waals surface area contributed by atoms with Gasteiger partial charge in [0.1, 0.15) is 12.1 Å². The van der Waals surface area contributed by atoms with E-state index in [0.29, 0.717) is 19.1 Å². The van der Waals surface area contributed by atoms with Crippen LogP contribution in [0.5, 0.6) is 0 Å². The number of carbonyl (C=O) groups excluding carboxylic acids is 2. The highest BCUT2D eigenvalue weighted by Gasteiger charge is 2.55. The summed E-state index contributed by atoms with van der Waals surface area (Å²) < 4.78 is 5.73. The van der Waals surface area contributed by atoms with Crippen LogP contribution >= 0.6 is 0 Å². The number of ether oxygens (including phenoxy) is 1. The van der Waals surface area contributed by atoms with Crippen LogP contribution in [0, 0.1) is 23.2 Å². The third kappa shape index (κ3) is 2.56. The summed E-state index contributed by atoms with van der Waals surface area (Å²) in [5, 5.41) is 3.17. The molecule has 0 bridgehead atoms. The minimum absolute atomic E-state index is 0.0186. The zero-order valence-electron chi connectivity index (χ0n) is 14.2. The molecule has 2 aliphatic carbocycles. The highest BCUT2D eigenvalue weighted by Crippen LogP contribution is 2.56. The Bertz CT molecular complexity index is 577. The van der Waals surface area contributed by atoms with Crippen LogP contribution in [0.3, 0.4) is 0 Å². The minimum atomic E-state index is -0.379. The Labute approximate surface area is 142 Å². The zero-order chi connectivity index (χ0) is 16.9. The molecule has 0 aromatic rings. The Morgan fingerprint density at radius 1 is 1.42 bits per heavy atom. The molecule has 2 aliphatic heterocycles. The van der Waals surface area contributed by atoms with Crippen molar-refractivity contribution in [3.05, 3.63) is 12.2 Å². The Hall–Kier alpha value is -1.40. The summed E-state index contributed by atoms with van der Waals surface area (Å²) in [6.45, 7) is 7.41. The summed E-state index contributed by atoms with van der Waals surface area (Å²) in [7, 11) is 0.